The first kappa shape index (κ1) is 18.9. The van der Waals surface area contributed by atoms with Crippen molar-refractivity contribution in [2.24, 2.45) is 0 Å². The molecule has 1 aliphatic rings. The number of hydrogen-bond acceptors (Lipinski definition) is 5. The number of rotatable bonds is 6. The Balaban J connectivity index is 2.05. The number of sulfone groups is 1. The molecule has 0 spiro atoms. The Morgan fingerprint density at radius 2 is 1.92 bits per heavy atom. The van der Waals surface area contributed by atoms with Gasteiger partial charge in [0.2, 0.25) is 10.0 Å². The zero-order valence-corrected chi connectivity index (χ0v) is 15.3. The van der Waals surface area contributed by atoms with E-state index >= 15 is 0 Å². The minimum absolute atomic E-state index is 0.0516. The van der Waals surface area contributed by atoms with Crippen molar-refractivity contribution in [2.75, 3.05) is 11.5 Å². The van der Waals surface area contributed by atoms with Crippen LogP contribution in [0.1, 0.15) is 37.0 Å². The second kappa shape index (κ2) is 7.20. The van der Waals surface area contributed by atoms with Gasteiger partial charge in [0.1, 0.15) is 0 Å². The lowest BCUT2D eigenvalue weighted by Gasteiger charge is -2.13. The molecule has 0 saturated carbocycles. The van der Waals surface area contributed by atoms with Gasteiger partial charge < -0.3 is 5.32 Å². The fourth-order valence-electron chi connectivity index (χ4n) is 2.38. The maximum absolute atomic E-state index is 12.2. The van der Waals surface area contributed by atoms with Gasteiger partial charge in [-0.05, 0) is 44.0 Å². The van der Waals surface area contributed by atoms with E-state index in [-0.39, 0.29) is 22.4 Å². The Hall–Kier alpha value is -1.45. The average Bonchev–Trinajstić information content (AvgIpc) is 2.85. The molecule has 0 radical (unpaired) electrons. The molecule has 9 heteroatoms. The molecule has 1 aromatic carbocycles. The van der Waals surface area contributed by atoms with Crippen LogP contribution in [0.15, 0.2) is 29.2 Å². The van der Waals surface area contributed by atoms with E-state index in [1.807, 2.05) is 6.92 Å². The molecule has 1 amide bonds. The molecular formula is C15H22N2O5S2. The van der Waals surface area contributed by atoms with Crippen LogP contribution in [0.5, 0.6) is 0 Å². The lowest BCUT2D eigenvalue weighted by molar-refractivity contribution is 0.0941. The van der Waals surface area contributed by atoms with Crippen molar-refractivity contribution in [1.82, 2.24) is 10.0 Å². The first-order chi connectivity index (χ1) is 11.1. The van der Waals surface area contributed by atoms with Gasteiger partial charge in [-0.2, -0.15) is 0 Å². The van der Waals surface area contributed by atoms with E-state index in [9.17, 15) is 21.6 Å². The smallest absolute Gasteiger partial charge is 0.251 e. The van der Waals surface area contributed by atoms with Crippen LogP contribution in [0.2, 0.25) is 0 Å². The van der Waals surface area contributed by atoms with Crippen LogP contribution in [0.25, 0.3) is 0 Å². The molecule has 2 N–H and O–H groups in total. The molecule has 2 rings (SSSR count). The molecule has 1 heterocycles. The number of amides is 1. The third kappa shape index (κ3) is 4.78. The van der Waals surface area contributed by atoms with Gasteiger partial charge in [-0.3, -0.25) is 4.79 Å². The number of hydrogen-bond donors (Lipinski definition) is 2. The fourth-order valence-corrected chi connectivity index (χ4v) is 5.38. The predicted octanol–water partition coefficient (Wildman–Crippen LogP) is 0.680. The molecule has 134 valence electrons. The van der Waals surface area contributed by atoms with Gasteiger partial charge in [0.25, 0.3) is 5.91 Å². The Morgan fingerprint density at radius 3 is 2.42 bits per heavy atom. The molecule has 24 heavy (non-hydrogen) atoms. The van der Waals surface area contributed by atoms with Crippen LogP contribution in [0.3, 0.4) is 0 Å². The van der Waals surface area contributed by atoms with Gasteiger partial charge in [0.05, 0.1) is 16.4 Å². The maximum Gasteiger partial charge on any atom is 0.251 e. The normalized spacial score (nSPS) is 21.3. The van der Waals surface area contributed by atoms with Crippen molar-refractivity contribution in [3.63, 3.8) is 0 Å². The van der Waals surface area contributed by atoms with Crippen molar-refractivity contribution in [3.8, 4) is 0 Å². The minimum Gasteiger partial charge on any atom is -0.348 e. The largest absolute Gasteiger partial charge is 0.348 e. The number of sulfonamides is 1. The molecule has 1 aromatic rings. The predicted molar refractivity (Wildman–Crippen MR) is 91.0 cm³/mol. The highest BCUT2D eigenvalue weighted by molar-refractivity contribution is 7.91. The highest BCUT2D eigenvalue weighted by Gasteiger charge is 2.29. The van der Waals surface area contributed by atoms with Gasteiger partial charge in [0.15, 0.2) is 9.84 Å². The summed E-state index contributed by atoms with van der Waals surface area (Å²) in [5.41, 5.74) is 0.293. The van der Waals surface area contributed by atoms with E-state index in [1.165, 1.54) is 24.3 Å². The molecule has 0 aromatic heterocycles. The highest BCUT2D eigenvalue weighted by Crippen LogP contribution is 2.14. The molecule has 0 aliphatic carbocycles. The van der Waals surface area contributed by atoms with Gasteiger partial charge in [-0.25, -0.2) is 21.6 Å². The second-order valence-electron chi connectivity index (χ2n) is 6.03. The first-order valence-corrected chi connectivity index (χ1v) is 11.1. The lowest BCUT2D eigenvalue weighted by Crippen LogP contribution is -2.35. The summed E-state index contributed by atoms with van der Waals surface area (Å²) in [6, 6.07) is 5.00. The van der Waals surface area contributed by atoms with Crippen LogP contribution < -0.4 is 10.0 Å². The van der Waals surface area contributed by atoms with E-state index in [2.05, 4.69) is 10.0 Å². The van der Waals surface area contributed by atoms with Crippen LogP contribution >= 0.6 is 0 Å². The second-order valence-corrected chi connectivity index (χ2v) is 9.97. The number of carbonyl (C=O) groups excluding carboxylic acids is 1. The Kier molecular flexibility index (Phi) is 5.67. The van der Waals surface area contributed by atoms with Crippen LogP contribution in [0, 0.1) is 0 Å². The first-order valence-electron chi connectivity index (χ1n) is 7.76. The van der Waals surface area contributed by atoms with Crippen molar-refractivity contribution >= 4 is 25.8 Å². The van der Waals surface area contributed by atoms with Crippen LogP contribution in [-0.4, -0.2) is 46.3 Å². The van der Waals surface area contributed by atoms with Crippen LogP contribution in [0.4, 0.5) is 0 Å². The van der Waals surface area contributed by atoms with E-state index in [4.69, 9.17) is 0 Å². The molecule has 7 nitrogen and oxygen atoms in total. The van der Waals surface area contributed by atoms with E-state index in [0.29, 0.717) is 18.4 Å². The monoisotopic (exact) mass is 374 g/mol. The standard InChI is InChI=1S/C15H22N2O5S2/c1-3-11(2)17-24(21,22)14-6-4-12(5-7-14)15(18)16-13-8-9-23(19,20)10-13/h4-7,11,13,17H,3,8-10H2,1-2H3,(H,16,18). The summed E-state index contributed by atoms with van der Waals surface area (Å²) in [6.07, 6.45) is 1.07. The van der Waals surface area contributed by atoms with E-state index < -0.39 is 31.8 Å². The summed E-state index contributed by atoms with van der Waals surface area (Å²) in [4.78, 5) is 12.2. The topological polar surface area (TPSA) is 109 Å². The zero-order chi connectivity index (χ0) is 18.0. The fraction of sp³-hybridized carbons (Fsp3) is 0.533. The Bertz CT molecular complexity index is 801. The van der Waals surface area contributed by atoms with Gasteiger partial charge in [0, 0.05) is 17.6 Å². The SMILES string of the molecule is CCC(C)NS(=O)(=O)c1ccc(C(=O)NC2CCS(=O)(=O)C2)cc1. The summed E-state index contributed by atoms with van der Waals surface area (Å²) in [5, 5.41) is 2.67. The van der Waals surface area contributed by atoms with Crippen molar-refractivity contribution in [1.29, 1.82) is 0 Å². The molecule has 1 saturated heterocycles. The highest BCUT2D eigenvalue weighted by atomic mass is 32.2. The summed E-state index contributed by atoms with van der Waals surface area (Å²) in [6.45, 7) is 3.65. The molecule has 2 unspecified atom stereocenters. The number of nitrogens with one attached hydrogen (secondary N) is 2. The number of carbonyl (C=O) groups is 1. The van der Waals surface area contributed by atoms with Crippen molar-refractivity contribution < 1.29 is 21.6 Å². The quantitative estimate of drug-likeness (QED) is 0.761. The molecular weight excluding hydrogens is 352 g/mol. The maximum atomic E-state index is 12.2. The summed E-state index contributed by atoms with van der Waals surface area (Å²) in [7, 11) is -6.68. The Morgan fingerprint density at radius 1 is 1.29 bits per heavy atom. The number of benzene rings is 1. The zero-order valence-electron chi connectivity index (χ0n) is 13.7. The van der Waals surface area contributed by atoms with Gasteiger partial charge in [-0.15, -0.1) is 0 Å². The van der Waals surface area contributed by atoms with Crippen molar-refractivity contribution in [3.05, 3.63) is 29.8 Å². The minimum atomic E-state index is -3.61. The lowest BCUT2D eigenvalue weighted by atomic mass is 10.2. The van der Waals surface area contributed by atoms with E-state index in [0.717, 1.165) is 0 Å². The molecule has 1 aliphatic heterocycles. The summed E-state index contributed by atoms with van der Waals surface area (Å²) >= 11 is 0. The molecule has 0 bridgehead atoms. The third-order valence-corrected chi connectivity index (χ3v) is 7.34. The summed E-state index contributed by atoms with van der Waals surface area (Å²) in [5.74, 6) is -0.378. The molecule has 2 atom stereocenters. The van der Waals surface area contributed by atoms with E-state index in [1.54, 1.807) is 6.92 Å². The third-order valence-electron chi connectivity index (χ3n) is 3.96. The average molecular weight is 374 g/mol. The van der Waals surface area contributed by atoms with Crippen molar-refractivity contribution in [2.45, 2.75) is 43.7 Å². The van der Waals surface area contributed by atoms with Gasteiger partial charge >= 0.3 is 0 Å². The summed E-state index contributed by atoms with van der Waals surface area (Å²) < 4.78 is 49.7. The molecule has 1 fully saturated rings. The Labute approximate surface area is 142 Å². The van der Waals surface area contributed by atoms with Crippen LogP contribution in [-0.2, 0) is 19.9 Å². The van der Waals surface area contributed by atoms with Gasteiger partial charge in [-0.1, -0.05) is 6.92 Å².